The number of hydrogen-bond acceptors (Lipinski definition) is 6. The molecule has 5 rings (SSSR count). The Bertz CT molecular complexity index is 1180. The quantitative estimate of drug-likeness (QED) is 0.403. The summed E-state index contributed by atoms with van der Waals surface area (Å²) in [5.41, 5.74) is 11.6. The van der Waals surface area contributed by atoms with Gasteiger partial charge in [0.25, 0.3) is 0 Å². The molecule has 0 aromatic carbocycles. The summed E-state index contributed by atoms with van der Waals surface area (Å²) in [6, 6.07) is 6.14. The number of rotatable bonds is 6. The van der Waals surface area contributed by atoms with Crippen molar-refractivity contribution in [3.05, 3.63) is 42.6 Å². The molecule has 1 saturated carbocycles. The number of nitrogens with zero attached hydrogens (tertiary/aromatic N) is 4. The topological polar surface area (TPSA) is 69.6 Å². The van der Waals surface area contributed by atoms with Crippen LogP contribution in [0.5, 0.6) is 0 Å². The number of fused-ring (bicyclic) bond motifs is 1. The Hall–Kier alpha value is -2.38. The number of nitrogen functional groups attached to an aromatic ring is 1. The molecule has 4 aromatic heterocycles. The SMILES string of the molecule is CCCSc1sc2nc(-c3cccnc3)cc(-c3cnc(C4CC4)n3C)c2c1N. The number of pyridine rings is 2. The van der Waals surface area contributed by atoms with E-state index < -0.39 is 0 Å². The summed E-state index contributed by atoms with van der Waals surface area (Å²) in [5, 5.41) is 1.05. The lowest BCUT2D eigenvalue weighted by molar-refractivity contribution is 0.805. The van der Waals surface area contributed by atoms with Crippen molar-refractivity contribution in [2.75, 3.05) is 11.5 Å². The molecule has 0 saturated heterocycles. The van der Waals surface area contributed by atoms with Crippen LogP contribution in [-0.4, -0.2) is 25.3 Å². The van der Waals surface area contributed by atoms with Gasteiger partial charge < -0.3 is 10.3 Å². The first kappa shape index (κ1) is 18.6. The van der Waals surface area contributed by atoms with Crippen LogP contribution in [0.15, 0.2) is 41.0 Å². The molecule has 2 N–H and O–H groups in total. The second-order valence-electron chi connectivity index (χ2n) is 7.46. The second kappa shape index (κ2) is 7.46. The van der Waals surface area contributed by atoms with E-state index >= 15 is 0 Å². The van der Waals surface area contributed by atoms with Gasteiger partial charge in [-0.1, -0.05) is 6.92 Å². The summed E-state index contributed by atoms with van der Waals surface area (Å²) in [5.74, 6) is 2.82. The predicted octanol–water partition coefficient (Wildman–Crippen LogP) is 5.72. The van der Waals surface area contributed by atoms with Crippen LogP contribution in [0, 0.1) is 0 Å². The van der Waals surface area contributed by atoms with Gasteiger partial charge in [0.15, 0.2) is 0 Å². The first-order chi connectivity index (χ1) is 14.2. The molecule has 148 valence electrons. The van der Waals surface area contributed by atoms with E-state index in [1.54, 1.807) is 17.5 Å². The van der Waals surface area contributed by atoms with Crippen molar-refractivity contribution in [2.24, 2.45) is 7.05 Å². The van der Waals surface area contributed by atoms with Crippen LogP contribution < -0.4 is 5.73 Å². The van der Waals surface area contributed by atoms with Crippen molar-refractivity contribution >= 4 is 39.0 Å². The normalized spacial score (nSPS) is 14.0. The van der Waals surface area contributed by atoms with E-state index in [-0.39, 0.29) is 0 Å². The number of thioether (sulfide) groups is 1. The van der Waals surface area contributed by atoms with Crippen LogP contribution in [-0.2, 0) is 7.05 Å². The molecular formula is C22H23N5S2. The van der Waals surface area contributed by atoms with E-state index in [2.05, 4.69) is 29.6 Å². The van der Waals surface area contributed by atoms with Crippen LogP contribution in [0.25, 0.3) is 32.7 Å². The molecular weight excluding hydrogens is 398 g/mol. The van der Waals surface area contributed by atoms with Crippen molar-refractivity contribution in [3.63, 3.8) is 0 Å². The van der Waals surface area contributed by atoms with Crippen LogP contribution in [0.4, 0.5) is 5.69 Å². The fourth-order valence-corrected chi connectivity index (χ4v) is 5.88. The zero-order valence-electron chi connectivity index (χ0n) is 16.6. The number of thiophene rings is 1. The number of aromatic nitrogens is 4. The maximum Gasteiger partial charge on any atom is 0.127 e. The van der Waals surface area contributed by atoms with Gasteiger partial charge in [-0.3, -0.25) is 4.98 Å². The Morgan fingerprint density at radius 1 is 1.31 bits per heavy atom. The van der Waals surface area contributed by atoms with Gasteiger partial charge in [0, 0.05) is 41.9 Å². The lowest BCUT2D eigenvalue weighted by Crippen LogP contribution is -1.99. The fourth-order valence-electron chi connectivity index (χ4n) is 3.66. The minimum atomic E-state index is 0.597. The lowest BCUT2D eigenvalue weighted by atomic mass is 10.1. The molecule has 4 aromatic rings. The van der Waals surface area contributed by atoms with Gasteiger partial charge in [0.05, 0.1) is 27.5 Å². The minimum absolute atomic E-state index is 0.597. The van der Waals surface area contributed by atoms with E-state index in [0.29, 0.717) is 5.92 Å². The standard InChI is InChI=1S/C22H23N5S2/c1-3-9-28-22-19(23)18-15(17-12-25-20(27(17)2)13-6-7-13)10-16(26-21(18)29-22)14-5-4-8-24-11-14/h4-5,8,10-13H,3,6-7,9,23H2,1-2H3. The molecule has 0 atom stereocenters. The molecule has 0 spiro atoms. The fraction of sp³-hybridized carbons (Fsp3) is 0.318. The van der Waals surface area contributed by atoms with Gasteiger partial charge >= 0.3 is 0 Å². The largest absolute Gasteiger partial charge is 0.397 e. The third-order valence-electron chi connectivity index (χ3n) is 5.30. The smallest absolute Gasteiger partial charge is 0.127 e. The molecule has 0 aliphatic heterocycles. The molecule has 1 fully saturated rings. The van der Waals surface area contributed by atoms with E-state index in [4.69, 9.17) is 15.7 Å². The summed E-state index contributed by atoms with van der Waals surface area (Å²) in [6.45, 7) is 2.19. The monoisotopic (exact) mass is 421 g/mol. The average molecular weight is 422 g/mol. The third kappa shape index (κ3) is 3.32. The molecule has 7 heteroatoms. The first-order valence-electron chi connectivity index (χ1n) is 9.95. The third-order valence-corrected chi connectivity index (χ3v) is 7.89. The molecule has 0 bridgehead atoms. The zero-order chi connectivity index (χ0) is 20.0. The van der Waals surface area contributed by atoms with Crippen LogP contribution in [0.3, 0.4) is 0 Å². The van der Waals surface area contributed by atoms with Gasteiger partial charge in [0.1, 0.15) is 10.7 Å². The van der Waals surface area contributed by atoms with Crippen molar-refractivity contribution in [3.8, 4) is 22.5 Å². The Morgan fingerprint density at radius 2 is 2.17 bits per heavy atom. The van der Waals surface area contributed by atoms with Gasteiger partial charge in [0.2, 0.25) is 0 Å². The summed E-state index contributed by atoms with van der Waals surface area (Å²) in [7, 11) is 2.11. The average Bonchev–Trinajstić information content (AvgIpc) is 3.44. The summed E-state index contributed by atoms with van der Waals surface area (Å²) in [4.78, 5) is 15.0. The molecule has 0 radical (unpaired) electrons. The summed E-state index contributed by atoms with van der Waals surface area (Å²) >= 11 is 3.51. The Kier molecular flexibility index (Phi) is 4.80. The van der Waals surface area contributed by atoms with Crippen molar-refractivity contribution in [1.82, 2.24) is 19.5 Å². The van der Waals surface area contributed by atoms with Gasteiger partial charge in [-0.2, -0.15) is 0 Å². The molecule has 0 amide bonds. The van der Waals surface area contributed by atoms with Gasteiger partial charge in [-0.05, 0) is 43.2 Å². The predicted molar refractivity (Wildman–Crippen MR) is 122 cm³/mol. The molecule has 29 heavy (non-hydrogen) atoms. The molecule has 4 heterocycles. The van der Waals surface area contributed by atoms with E-state index in [1.165, 1.54) is 18.7 Å². The first-order valence-corrected chi connectivity index (χ1v) is 11.8. The highest BCUT2D eigenvalue weighted by Gasteiger charge is 2.29. The van der Waals surface area contributed by atoms with E-state index in [1.807, 2.05) is 36.3 Å². The Morgan fingerprint density at radius 3 is 2.90 bits per heavy atom. The van der Waals surface area contributed by atoms with Crippen molar-refractivity contribution in [1.29, 1.82) is 0 Å². The zero-order valence-corrected chi connectivity index (χ0v) is 18.2. The molecule has 1 aliphatic rings. The summed E-state index contributed by atoms with van der Waals surface area (Å²) in [6.07, 6.45) is 9.22. The number of imidazole rings is 1. The van der Waals surface area contributed by atoms with Crippen LogP contribution >= 0.6 is 23.1 Å². The molecule has 1 aliphatic carbocycles. The minimum Gasteiger partial charge on any atom is -0.397 e. The molecule has 0 unspecified atom stereocenters. The van der Waals surface area contributed by atoms with Crippen LogP contribution in [0.1, 0.15) is 37.9 Å². The second-order valence-corrected chi connectivity index (χ2v) is 9.83. The summed E-state index contributed by atoms with van der Waals surface area (Å²) < 4.78 is 3.39. The van der Waals surface area contributed by atoms with Gasteiger partial charge in [-0.15, -0.1) is 23.1 Å². The van der Waals surface area contributed by atoms with Crippen molar-refractivity contribution in [2.45, 2.75) is 36.3 Å². The Labute approximate surface area is 178 Å². The van der Waals surface area contributed by atoms with Crippen molar-refractivity contribution < 1.29 is 0 Å². The van der Waals surface area contributed by atoms with E-state index in [0.717, 1.165) is 54.8 Å². The van der Waals surface area contributed by atoms with Gasteiger partial charge in [-0.25, -0.2) is 9.97 Å². The number of anilines is 1. The number of nitrogens with two attached hydrogens (primary N) is 1. The highest BCUT2D eigenvalue weighted by atomic mass is 32.2. The van der Waals surface area contributed by atoms with E-state index in [9.17, 15) is 0 Å². The Balaban J connectivity index is 1.74. The molecule has 5 nitrogen and oxygen atoms in total. The lowest BCUT2D eigenvalue weighted by Gasteiger charge is -2.10. The van der Waals surface area contributed by atoms with Crippen LogP contribution in [0.2, 0.25) is 0 Å². The maximum atomic E-state index is 6.64. The number of hydrogen-bond donors (Lipinski definition) is 1. The highest BCUT2D eigenvalue weighted by molar-refractivity contribution is 8.01. The highest BCUT2D eigenvalue weighted by Crippen LogP contribution is 2.46. The maximum absolute atomic E-state index is 6.64.